The quantitative estimate of drug-likeness (QED) is 0.447. The van der Waals surface area contributed by atoms with E-state index in [4.69, 9.17) is 0 Å². The van der Waals surface area contributed by atoms with E-state index in [0.29, 0.717) is 0 Å². The van der Waals surface area contributed by atoms with Gasteiger partial charge in [-0.15, -0.1) is 0 Å². The van der Waals surface area contributed by atoms with Crippen molar-refractivity contribution in [1.82, 2.24) is 0 Å². The SMILES string of the molecule is CN=[C]([GaH2])C(C)C(C)C. The van der Waals surface area contributed by atoms with Gasteiger partial charge in [0.25, 0.3) is 0 Å². The van der Waals surface area contributed by atoms with Gasteiger partial charge in [-0.2, -0.15) is 0 Å². The second kappa shape index (κ2) is 4.17. The van der Waals surface area contributed by atoms with E-state index < -0.39 is 0 Å². The summed E-state index contributed by atoms with van der Waals surface area (Å²) < 4.78 is 1.44. The fraction of sp³-hybridized carbons (Fsp3) is 0.857. The molecule has 0 bridgehead atoms. The molecule has 0 aliphatic carbocycles. The standard InChI is InChI=1S/C7H14N.Ga.2H/c1-6(2)7(3)5-8-4;;;/h6-7H,1-4H3;;;. The second-order valence-electron chi connectivity index (χ2n) is 2.90. The zero-order valence-electron chi connectivity index (χ0n) is 7.10. The monoisotopic (exact) mass is 183 g/mol. The molecule has 0 amide bonds. The first-order valence-electron chi connectivity index (χ1n) is 3.52. The van der Waals surface area contributed by atoms with Crippen molar-refractivity contribution in [3.05, 3.63) is 0 Å². The van der Waals surface area contributed by atoms with E-state index in [-0.39, 0.29) is 0 Å². The number of nitrogens with zero attached hydrogens (tertiary/aromatic N) is 1. The van der Waals surface area contributed by atoms with E-state index in [1.165, 1.54) is 4.27 Å². The van der Waals surface area contributed by atoms with Gasteiger partial charge < -0.3 is 0 Å². The summed E-state index contributed by atoms with van der Waals surface area (Å²) in [6.07, 6.45) is 0. The molecule has 52 valence electrons. The van der Waals surface area contributed by atoms with E-state index in [9.17, 15) is 0 Å². The molecule has 0 aliphatic heterocycles. The fourth-order valence-corrected chi connectivity index (χ4v) is 2.08. The molecule has 0 saturated carbocycles. The van der Waals surface area contributed by atoms with Gasteiger partial charge >= 0.3 is 67.5 Å². The van der Waals surface area contributed by atoms with E-state index in [2.05, 4.69) is 25.8 Å². The summed E-state index contributed by atoms with van der Waals surface area (Å²) in [7, 11) is 1.90. The molecule has 0 spiro atoms. The molecule has 0 fully saturated rings. The summed E-state index contributed by atoms with van der Waals surface area (Å²) in [5.74, 6) is 1.48. The molecule has 0 aromatic rings. The molecule has 9 heavy (non-hydrogen) atoms. The summed E-state index contributed by atoms with van der Waals surface area (Å²) in [4.78, 5) is 4.21. The Balaban J connectivity index is 3.88. The maximum absolute atomic E-state index is 4.21. The molecule has 0 saturated heterocycles. The first kappa shape index (κ1) is 9.31. The van der Waals surface area contributed by atoms with Crippen LogP contribution in [-0.4, -0.2) is 29.9 Å². The van der Waals surface area contributed by atoms with Crippen LogP contribution in [0.3, 0.4) is 0 Å². The molecule has 0 radical (unpaired) electrons. The Morgan fingerprint density at radius 3 is 1.89 bits per heavy atom. The summed E-state index contributed by atoms with van der Waals surface area (Å²) in [6, 6.07) is 0. The van der Waals surface area contributed by atoms with Crippen LogP contribution < -0.4 is 0 Å². The Labute approximate surface area is 67.9 Å². The molecule has 0 aliphatic rings. The minimum atomic E-state index is 0.718. The molecule has 0 aromatic carbocycles. The molecule has 1 nitrogen and oxygen atoms in total. The average Bonchev–Trinajstić information content (AvgIpc) is 1.84. The number of rotatable bonds is 2. The third-order valence-electron chi connectivity index (χ3n) is 2.01. The normalized spacial score (nSPS) is 16.3. The van der Waals surface area contributed by atoms with Gasteiger partial charge in [0.05, 0.1) is 0 Å². The predicted molar refractivity (Wildman–Crippen MR) is 45.9 cm³/mol. The van der Waals surface area contributed by atoms with Crippen molar-refractivity contribution in [2.45, 2.75) is 20.8 Å². The molecule has 0 aromatic heterocycles. The Morgan fingerprint density at radius 1 is 1.33 bits per heavy atom. The number of hydrogen-bond acceptors (Lipinski definition) is 1. The molecule has 1 unspecified atom stereocenters. The first-order valence-corrected chi connectivity index (χ1v) is 5.62. The molecule has 0 N–H and O–H groups in total. The van der Waals surface area contributed by atoms with E-state index in [0.717, 1.165) is 30.4 Å². The van der Waals surface area contributed by atoms with E-state index >= 15 is 0 Å². The van der Waals surface area contributed by atoms with Crippen LogP contribution in [0.4, 0.5) is 0 Å². The van der Waals surface area contributed by atoms with Crippen LogP contribution in [-0.2, 0) is 0 Å². The van der Waals surface area contributed by atoms with Gasteiger partial charge in [0.15, 0.2) is 0 Å². The van der Waals surface area contributed by atoms with Gasteiger partial charge in [-0.1, -0.05) is 0 Å². The first-order chi connectivity index (χ1) is 4.09. The van der Waals surface area contributed by atoms with Gasteiger partial charge in [-0.3, -0.25) is 0 Å². The number of aliphatic imine (C=N–C) groups is 1. The molecular formula is C7H16GaN. The van der Waals surface area contributed by atoms with Crippen LogP contribution in [0.25, 0.3) is 0 Å². The summed E-state index contributed by atoms with van der Waals surface area (Å²) >= 11 is 0.783. The van der Waals surface area contributed by atoms with Crippen LogP contribution in [0.2, 0.25) is 0 Å². The van der Waals surface area contributed by atoms with Gasteiger partial charge in [0, 0.05) is 0 Å². The molecule has 0 heterocycles. The Kier molecular flexibility index (Phi) is 4.32. The van der Waals surface area contributed by atoms with Crippen LogP contribution in [0.5, 0.6) is 0 Å². The van der Waals surface area contributed by atoms with Gasteiger partial charge in [-0.05, 0) is 0 Å². The van der Waals surface area contributed by atoms with E-state index in [1.807, 2.05) is 7.05 Å². The van der Waals surface area contributed by atoms with Crippen molar-refractivity contribution in [1.29, 1.82) is 0 Å². The van der Waals surface area contributed by atoms with Gasteiger partial charge in [0.1, 0.15) is 0 Å². The van der Waals surface area contributed by atoms with Crippen molar-refractivity contribution < 1.29 is 0 Å². The van der Waals surface area contributed by atoms with Gasteiger partial charge in [-0.25, -0.2) is 0 Å². The Bertz CT molecular complexity index is 107. The van der Waals surface area contributed by atoms with Crippen molar-refractivity contribution in [2.24, 2.45) is 16.8 Å². The molecule has 2 heteroatoms. The van der Waals surface area contributed by atoms with Gasteiger partial charge in [0.2, 0.25) is 0 Å². The van der Waals surface area contributed by atoms with Crippen molar-refractivity contribution in [3.63, 3.8) is 0 Å². The van der Waals surface area contributed by atoms with Crippen LogP contribution in [0, 0.1) is 11.8 Å². The maximum atomic E-state index is 4.21. The number of hydrogen-bond donors (Lipinski definition) is 0. The minimum absolute atomic E-state index is 0.718. The van der Waals surface area contributed by atoms with Crippen LogP contribution in [0.1, 0.15) is 20.8 Å². The third kappa shape index (κ3) is 3.11. The van der Waals surface area contributed by atoms with E-state index in [1.54, 1.807) is 0 Å². The Hall–Kier alpha value is 0.306. The summed E-state index contributed by atoms with van der Waals surface area (Å²) in [5, 5.41) is 0. The summed E-state index contributed by atoms with van der Waals surface area (Å²) in [5.41, 5.74) is 0. The molecule has 0 rings (SSSR count). The van der Waals surface area contributed by atoms with Crippen molar-refractivity contribution >= 4 is 22.9 Å². The van der Waals surface area contributed by atoms with Crippen LogP contribution in [0.15, 0.2) is 4.99 Å². The fourth-order valence-electron chi connectivity index (χ4n) is 0.686. The zero-order valence-corrected chi connectivity index (χ0v) is 11.3. The van der Waals surface area contributed by atoms with Crippen molar-refractivity contribution in [2.75, 3.05) is 7.05 Å². The molecular weight excluding hydrogens is 168 g/mol. The van der Waals surface area contributed by atoms with Crippen molar-refractivity contribution in [3.8, 4) is 0 Å². The van der Waals surface area contributed by atoms with Crippen LogP contribution >= 0.6 is 0 Å². The third-order valence-corrected chi connectivity index (χ3v) is 4.86. The predicted octanol–water partition coefficient (Wildman–Crippen LogP) is 0.940. The topological polar surface area (TPSA) is 12.4 Å². The zero-order chi connectivity index (χ0) is 7.44. The second-order valence-corrected chi connectivity index (χ2v) is 5.05. The Morgan fingerprint density at radius 2 is 1.78 bits per heavy atom. The average molecular weight is 184 g/mol. The summed E-state index contributed by atoms with van der Waals surface area (Å²) in [6.45, 7) is 6.77. The molecule has 1 atom stereocenters.